The first-order chi connectivity index (χ1) is 8.99. The van der Waals surface area contributed by atoms with Gasteiger partial charge in [-0.1, -0.05) is 15.9 Å². The Morgan fingerprint density at radius 2 is 1.95 bits per heavy atom. The summed E-state index contributed by atoms with van der Waals surface area (Å²) in [7, 11) is 0. The molecule has 0 fully saturated rings. The molecule has 0 atom stereocenters. The zero-order valence-electron chi connectivity index (χ0n) is 10.6. The van der Waals surface area contributed by atoms with E-state index in [9.17, 15) is 9.90 Å². The van der Waals surface area contributed by atoms with E-state index in [-0.39, 0.29) is 11.4 Å². The van der Waals surface area contributed by atoms with Crippen LogP contribution < -0.4 is 5.32 Å². The number of carbonyl (C=O) groups excluding carboxylic acids is 1. The van der Waals surface area contributed by atoms with Crippen LogP contribution in [-0.2, 0) is 0 Å². The van der Waals surface area contributed by atoms with Crippen molar-refractivity contribution in [3.63, 3.8) is 0 Å². The highest BCUT2D eigenvalue weighted by atomic mass is 79.9. The second kappa shape index (κ2) is 5.40. The van der Waals surface area contributed by atoms with Gasteiger partial charge in [0.15, 0.2) is 5.69 Å². The highest BCUT2D eigenvalue weighted by molar-refractivity contribution is 9.10. The number of anilines is 1. The smallest absolute Gasteiger partial charge is 0.278 e. The molecule has 2 rings (SSSR count). The number of carbonyl (C=O) groups is 1. The molecule has 1 aromatic heterocycles. The number of amides is 1. The van der Waals surface area contributed by atoms with E-state index in [1.54, 1.807) is 6.07 Å². The van der Waals surface area contributed by atoms with E-state index in [4.69, 9.17) is 0 Å². The lowest BCUT2D eigenvalue weighted by molar-refractivity contribution is 0.101. The van der Waals surface area contributed by atoms with Crippen LogP contribution in [0.15, 0.2) is 34.9 Å². The lowest BCUT2D eigenvalue weighted by Crippen LogP contribution is -2.15. The molecule has 2 N–H and O–H groups in total. The summed E-state index contributed by atoms with van der Waals surface area (Å²) in [4.78, 5) is 16.0. The molecule has 0 aliphatic carbocycles. The number of nitrogens with one attached hydrogen (secondary N) is 1. The van der Waals surface area contributed by atoms with E-state index in [2.05, 4.69) is 26.2 Å². The topological polar surface area (TPSA) is 62.2 Å². The first-order valence-corrected chi connectivity index (χ1v) is 6.50. The molecule has 0 saturated carbocycles. The predicted octanol–water partition coefficient (Wildman–Crippen LogP) is 3.42. The minimum absolute atomic E-state index is 0.0178. The summed E-state index contributed by atoms with van der Waals surface area (Å²) in [5.74, 6) is -0.556. The molecule has 98 valence electrons. The van der Waals surface area contributed by atoms with Crippen LogP contribution in [0.5, 0.6) is 5.75 Å². The van der Waals surface area contributed by atoms with Gasteiger partial charge in [0, 0.05) is 16.4 Å². The largest absolute Gasteiger partial charge is 0.505 e. The first kappa shape index (κ1) is 13.5. The predicted molar refractivity (Wildman–Crippen MR) is 77.5 cm³/mol. The molecule has 0 bridgehead atoms. The Kier molecular flexibility index (Phi) is 3.85. The highest BCUT2D eigenvalue weighted by Crippen LogP contribution is 2.26. The molecule has 0 aliphatic heterocycles. The second-order valence-electron chi connectivity index (χ2n) is 4.24. The Hall–Kier alpha value is -1.88. The number of benzene rings is 1. The molecule has 1 aromatic carbocycles. The SMILES string of the molecule is Cc1cc(Br)cc(C)c1NC(=O)c1ncccc1O. The fraction of sp³-hybridized carbons (Fsp3) is 0.143. The third kappa shape index (κ3) is 2.93. The van der Waals surface area contributed by atoms with Crippen LogP contribution >= 0.6 is 15.9 Å². The molecule has 0 spiro atoms. The normalized spacial score (nSPS) is 10.3. The van der Waals surface area contributed by atoms with Gasteiger partial charge in [0.05, 0.1) is 0 Å². The van der Waals surface area contributed by atoms with Crippen molar-refractivity contribution in [3.05, 3.63) is 51.8 Å². The molecule has 0 aliphatic rings. The Morgan fingerprint density at radius 3 is 2.53 bits per heavy atom. The first-order valence-electron chi connectivity index (χ1n) is 5.71. The van der Waals surface area contributed by atoms with Crippen LogP contribution in [0.3, 0.4) is 0 Å². The van der Waals surface area contributed by atoms with Crippen LogP contribution in [0.2, 0.25) is 0 Å². The third-order valence-corrected chi connectivity index (χ3v) is 3.20. The van der Waals surface area contributed by atoms with Gasteiger partial charge in [0.2, 0.25) is 0 Å². The Bertz CT molecular complexity index is 618. The van der Waals surface area contributed by atoms with Crippen molar-refractivity contribution < 1.29 is 9.90 Å². The van der Waals surface area contributed by atoms with Gasteiger partial charge in [0.25, 0.3) is 5.91 Å². The molecule has 1 heterocycles. The zero-order valence-corrected chi connectivity index (χ0v) is 12.2. The number of hydrogen-bond donors (Lipinski definition) is 2. The molecule has 1 amide bonds. The number of aromatic hydroxyl groups is 1. The van der Waals surface area contributed by atoms with E-state index in [0.717, 1.165) is 21.3 Å². The summed E-state index contributed by atoms with van der Waals surface area (Å²) in [6, 6.07) is 6.84. The van der Waals surface area contributed by atoms with Crippen molar-refractivity contribution >= 4 is 27.5 Å². The Balaban J connectivity index is 2.32. The van der Waals surface area contributed by atoms with Gasteiger partial charge in [0.1, 0.15) is 5.75 Å². The maximum atomic E-state index is 12.1. The van der Waals surface area contributed by atoms with Gasteiger partial charge < -0.3 is 10.4 Å². The number of nitrogens with zero attached hydrogens (tertiary/aromatic N) is 1. The van der Waals surface area contributed by atoms with Crippen LogP contribution in [0, 0.1) is 13.8 Å². The maximum absolute atomic E-state index is 12.1. The standard InChI is InChI=1S/C14H13BrN2O2/c1-8-6-10(15)7-9(2)12(8)17-14(19)13-11(18)4-3-5-16-13/h3-7,18H,1-2H3,(H,17,19). The summed E-state index contributed by atoms with van der Waals surface area (Å²) in [5.41, 5.74) is 2.63. The van der Waals surface area contributed by atoms with E-state index < -0.39 is 5.91 Å². The van der Waals surface area contributed by atoms with Crippen molar-refractivity contribution in [2.75, 3.05) is 5.32 Å². The van der Waals surface area contributed by atoms with E-state index in [1.165, 1.54) is 12.3 Å². The minimum Gasteiger partial charge on any atom is -0.505 e. The van der Waals surface area contributed by atoms with Gasteiger partial charge in [-0.2, -0.15) is 0 Å². The Morgan fingerprint density at radius 1 is 1.32 bits per heavy atom. The highest BCUT2D eigenvalue weighted by Gasteiger charge is 2.14. The number of aryl methyl sites for hydroxylation is 2. The summed E-state index contributed by atoms with van der Waals surface area (Å²) in [6.07, 6.45) is 1.47. The number of hydrogen-bond acceptors (Lipinski definition) is 3. The van der Waals surface area contributed by atoms with Crippen molar-refractivity contribution in [1.82, 2.24) is 4.98 Å². The van der Waals surface area contributed by atoms with Crippen LogP contribution in [0.25, 0.3) is 0 Å². The van der Waals surface area contributed by atoms with Gasteiger partial charge in [-0.25, -0.2) is 4.98 Å². The van der Waals surface area contributed by atoms with Crippen molar-refractivity contribution in [1.29, 1.82) is 0 Å². The molecule has 19 heavy (non-hydrogen) atoms. The molecular formula is C14H13BrN2O2. The maximum Gasteiger partial charge on any atom is 0.278 e. The van der Waals surface area contributed by atoms with Gasteiger partial charge in [-0.05, 0) is 49.2 Å². The molecule has 0 radical (unpaired) electrons. The summed E-state index contributed by atoms with van der Waals surface area (Å²) >= 11 is 3.40. The summed E-state index contributed by atoms with van der Waals surface area (Å²) in [5, 5.41) is 12.4. The van der Waals surface area contributed by atoms with Crippen LogP contribution in [-0.4, -0.2) is 16.0 Å². The number of halogens is 1. The average molecular weight is 321 g/mol. The fourth-order valence-electron chi connectivity index (χ4n) is 1.85. The molecule has 5 heteroatoms. The quantitative estimate of drug-likeness (QED) is 0.891. The van der Waals surface area contributed by atoms with E-state index in [0.29, 0.717) is 0 Å². The molecule has 0 unspecified atom stereocenters. The van der Waals surface area contributed by atoms with Gasteiger partial charge in [-0.15, -0.1) is 0 Å². The second-order valence-corrected chi connectivity index (χ2v) is 5.16. The van der Waals surface area contributed by atoms with Gasteiger partial charge in [-0.3, -0.25) is 4.79 Å². The van der Waals surface area contributed by atoms with E-state index >= 15 is 0 Å². The van der Waals surface area contributed by atoms with E-state index in [1.807, 2.05) is 26.0 Å². The number of rotatable bonds is 2. The third-order valence-electron chi connectivity index (χ3n) is 2.74. The lowest BCUT2D eigenvalue weighted by Gasteiger charge is -2.12. The zero-order chi connectivity index (χ0) is 14.0. The monoisotopic (exact) mass is 320 g/mol. The van der Waals surface area contributed by atoms with Crippen molar-refractivity contribution in [2.45, 2.75) is 13.8 Å². The molecular weight excluding hydrogens is 308 g/mol. The molecule has 4 nitrogen and oxygen atoms in total. The lowest BCUT2D eigenvalue weighted by atomic mass is 10.1. The molecule has 2 aromatic rings. The summed E-state index contributed by atoms with van der Waals surface area (Å²) in [6.45, 7) is 3.82. The van der Waals surface area contributed by atoms with Crippen molar-refractivity contribution in [3.8, 4) is 5.75 Å². The van der Waals surface area contributed by atoms with Crippen molar-refractivity contribution in [2.24, 2.45) is 0 Å². The van der Waals surface area contributed by atoms with Crippen LogP contribution in [0.4, 0.5) is 5.69 Å². The fourth-order valence-corrected chi connectivity index (χ4v) is 2.54. The molecule has 0 saturated heterocycles. The van der Waals surface area contributed by atoms with Gasteiger partial charge >= 0.3 is 0 Å². The summed E-state index contributed by atoms with van der Waals surface area (Å²) < 4.78 is 0.959. The average Bonchev–Trinajstić information content (AvgIpc) is 2.34. The minimum atomic E-state index is -0.424. The number of aromatic nitrogens is 1. The number of pyridine rings is 1. The van der Waals surface area contributed by atoms with Crippen LogP contribution in [0.1, 0.15) is 21.6 Å². The Labute approximate surface area is 119 Å².